The molecule has 1 unspecified atom stereocenters. The van der Waals surface area contributed by atoms with Gasteiger partial charge in [0.25, 0.3) is 5.91 Å². The molecule has 2 rings (SSSR count). The number of carbonyl (C=O) groups is 1. The van der Waals surface area contributed by atoms with Crippen molar-refractivity contribution < 1.29 is 9.90 Å². The Kier molecular flexibility index (Phi) is 8.42. The average molecular weight is 383 g/mol. The quantitative estimate of drug-likeness (QED) is 0.476. The standard InChI is InChI=1S/C21H29N5O2/c1-4-23-21(25-15-19(27)17-9-11-22-12-10-17)24-13-8-16-6-5-7-18(14-16)20(28)26(2)3/h5-7,9-12,14,19,27H,4,8,13,15H2,1-3H3,(H2,23,24,25). The number of nitrogens with one attached hydrogen (secondary N) is 2. The summed E-state index contributed by atoms with van der Waals surface area (Å²) < 4.78 is 0. The van der Waals surface area contributed by atoms with Crippen LogP contribution >= 0.6 is 0 Å². The molecule has 1 atom stereocenters. The SMILES string of the molecule is CCNC(=NCC(O)c1ccncc1)NCCc1cccc(C(=O)N(C)C)c1. The molecule has 0 aliphatic carbocycles. The van der Waals surface area contributed by atoms with E-state index in [1.807, 2.05) is 31.2 Å². The first-order chi connectivity index (χ1) is 13.5. The molecular formula is C21H29N5O2. The maximum atomic E-state index is 12.1. The van der Waals surface area contributed by atoms with Gasteiger partial charge >= 0.3 is 0 Å². The highest BCUT2D eigenvalue weighted by atomic mass is 16.3. The van der Waals surface area contributed by atoms with E-state index in [2.05, 4.69) is 20.6 Å². The van der Waals surface area contributed by atoms with Gasteiger partial charge in [-0.1, -0.05) is 12.1 Å². The van der Waals surface area contributed by atoms with Crippen LogP contribution in [0.5, 0.6) is 0 Å². The third-order valence-electron chi connectivity index (χ3n) is 4.14. The van der Waals surface area contributed by atoms with E-state index in [-0.39, 0.29) is 12.5 Å². The molecule has 0 aliphatic heterocycles. The van der Waals surface area contributed by atoms with Crippen LogP contribution in [-0.2, 0) is 6.42 Å². The van der Waals surface area contributed by atoms with Crippen molar-refractivity contribution in [1.29, 1.82) is 0 Å². The fourth-order valence-corrected chi connectivity index (χ4v) is 2.65. The first-order valence-electron chi connectivity index (χ1n) is 9.42. The molecule has 1 aromatic heterocycles. The number of rotatable bonds is 8. The zero-order valence-electron chi connectivity index (χ0n) is 16.7. The number of aromatic nitrogens is 1. The topological polar surface area (TPSA) is 89.9 Å². The summed E-state index contributed by atoms with van der Waals surface area (Å²) in [6, 6.07) is 11.2. The van der Waals surface area contributed by atoms with E-state index < -0.39 is 6.10 Å². The molecule has 150 valence electrons. The summed E-state index contributed by atoms with van der Waals surface area (Å²) >= 11 is 0. The van der Waals surface area contributed by atoms with Crippen molar-refractivity contribution in [3.05, 3.63) is 65.5 Å². The van der Waals surface area contributed by atoms with Gasteiger partial charge in [-0.25, -0.2) is 0 Å². The number of aliphatic imine (C=N–C) groups is 1. The smallest absolute Gasteiger partial charge is 0.253 e. The van der Waals surface area contributed by atoms with Crippen molar-refractivity contribution in [2.75, 3.05) is 33.7 Å². The molecule has 1 aromatic carbocycles. The Morgan fingerprint density at radius 2 is 1.96 bits per heavy atom. The minimum atomic E-state index is -0.674. The molecule has 0 saturated heterocycles. The van der Waals surface area contributed by atoms with Gasteiger partial charge in [0.1, 0.15) is 0 Å². The monoisotopic (exact) mass is 383 g/mol. The van der Waals surface area contributed by atoms with Gasteiger partial charge in [0, 0.05) is 45.1 Å². The van der Waals surface area contributed by atoms with Crippen LogP contribution in [0.15, 0.2) is 53.8 Å². The molecule has 7 heteroatoms. The second-order valence-corrected chi connectivity index (χ2v) is 6.59. The van der Waals surface area contributed by atoms with Crippen molar-refractivity contribution in [2.24, 2.45) is 4.99 Å². The third kappa shape index (κ3) is 6.66. The maximum absolute atomic E-state index is 12.1. The molecule has 0 fully saturated rings. The van der Waals surface area contributed by atoms with Crippen molar-refractivity contribution in [3.63, 3.8) is 0 Å². The second-order valence-electron chi connectivity index (χ2n) is 6.59. The van der Waals surface area contributed by atoms with Gasteiger partial charge in [-0.05, 0) is 48.7 Å². The highest BCUT2D eigenvalue weighted by molar-refractivity contribution is 5.94. The van der Waals surface area contributed by atoms with Crippen molar-refractivity contribution in [1.82, 2.24) is 20.5 Å². The number of hydrogen-bond acceptors (Lipinski definition) is 4. The molecular weight excluding hydrogens is 354 g/mol. The molecule has 0 radical (unpaired) electrons. The van der Waals surface area contributed by atoms with Crippen LogP contribution in [0.3, 0.4) is 0 Å². The molecule has 0 bridgehead atoms. The van der Waals surface area contributed by atoms with E-state index in [4.69, 9.17) is 0 Å². The normalized spacial score (nSPS) is 12.4. The van der Waals surface area contributed by atoms with E-state index in [1.54, 1.807) is 43.5 Å². The number of hydrogen-bond donors (Lipinski definition) is 3. The van der Waals surface area contributed by atoms with E-state index >= 15 is 0 Å². The van der Waals surface area contributed by atoms with Gasteiger partial charge in [0.2, 0.25) is 0 Å². The number of aliphatic hydroxyl groups is 1. The van der Waals surface area contributed by atoms with Gasteiger partial charge in [0.05, 0.1) is 12.6 Å². The molecule has 1 heterocycles. The van der Waals surface area contributed by atoms with E-state index in [0.29, 0.717) is 18.1 Å². The second kappa shape index (κ2) is 11.0. The summed E-state index contributed by atoms with van der Waals surface area (Å²) in [4.78, 5) is 22.1. The third-order valence-corrected chi connectivity index (χ3v) is 4.14. The zero-order valence-corrected chi connectivity index (χ0v) is 16.7. The fourth-order valence-electron chi connectivity index (χ4n) is 2.65. The molecule has 0 spiro atoms. The van der Waals surface area contributed by atoms with Gasteiger partial charge in [-0.3, -0.25) is 14.8 Å². The zero-order chi connectivity index (χ0) is 20.4. The first kappa shape index (κ1) is 21.4. The van der Waals surface area contributed by atoms with Gasteiger partial charge in [0.15, 0.2) is 5.96 Å². The highest BCUT2D eigenvalue weighted by Gasteiger charge is 2.09. The van der Waals surface area contributed by atoms with Gasteiger partial charge in [-0.2, -0.15) is 0 Å². The highest BCUT2D eigenvalue weighted by Crippen LogP contribution is 2.11. The lowest BCUT2D eigenvalue weighted by Crippen LogP contribution is -2.38. The summed E-state index contributed by atoms with van der Waals surface area (Å²) in [6.45, 7) is 3.64. The number of carbonyl (C=O) groups excluding carboxylic acids is 1. The Bertz CT molecular complexity index is 777. The molecule has 7 nitrogen and oxygen atoms in total. The number of nitrogens with zero attached hydrogens (tertiary/aromatic N) is 3. The Balaban J connectivity index is 1.91. The summed E-state index contributed by atoms with van der Waals surface area (Å²) in [6.07, 6.45) is 3.39. The molecule has 3 N–H and O–H groups in total. The van der Waals surface area contributed by atoms with Crippen molar-refractivity contribution in [3.8, 4) is 0 Å². The summed E-state index contributed by atoms with van der Waals surface area (Å²) in [5.41, 5.74) is 2.55. The Labute approximate surface area is 166 Å². The van der Waals surface area contributed by atoms with E-state index in [0.717, 1.165) is 24.1 Å². The summed E-state index contributed by atoms with van der Waals surface area (Å²) in [5, 5.41) is 16.7. The predicted molar refractivity (Wildman–Crippen MR) is 111 cm³/mol. The summed E-state index contributed by atoms with van der Waals surface area (Å²) in [7, 11) is 3.49. The Morgan fingerprint density at radius 1 is 1.21 bits per heavy atom. The van der Waals surface area contributed by atoms with E-state index in [9.17, 15) is 9.90 Å². The number of guanidine groups is 1. The lowest BCUT2D eigenvalue weighted by atomic mass is 10.1. The van der Waals surface area contributed by atoms with Crippen LogP contribution in [0.1, 0.15) is 34.5 Å². The summed E-state index contributed by atoms with van der Waals surface area (Å²) in [5.74, 6) is 0.644. The molecule has 28 heavy (non-hydrogen) atoms. The van der Waals surface area contributed by atoms with Crippen LogP contribution in [0.2, 0.25) is 0 Å². The molecule has 2 aromatic rings. The number of aliphatic hydroxyl groups excluding tert-OH is 1. The Hall–Kier alpha value is -2.93. The van der Waals surface area contributed by atoms with E-state index in [1.165, 1.54) is 0 Å². The van der Waals surface area contributed by atoms with Crippen LogP contribution < -0.4 is 10.6 Å². The molecule has 0 saturated carbocycles. The van der Waals surface area contributed by atoms with Crippen LogP contribution in [-0.4, -0.2) is 60.6 Å². The van der Waals surface area contributed by atoms with Gasteiger partial charge < -0.3 is 20.6 Å². The average Bonchev–Trinajstić information content (AvgIpc) is 2.72. The molecule has 1 amide bonds. The van der Waals surface area contributed by atoms with Crippen molar-refractivity contribution >= 4 is 11.9 Å². The lowest BCUT2D eigenvalue weighted by molar-refractivity contribution is 0.0827. The number of amides is 1. The van der Waals surface area contributed by atoms with Gasteiger partial charge in [-0.15, -0.1) is 0 Å². The maximum Gasteiger partial charge on any atom is 0.253 e. The minimum Gasteiger partial charge on any atom is -0.386 e. The predicted octanol–water partition coefficient (Wildman–Crippen LogP) is 1.61. The Morgan fingerprint density at radius 3 is 2.64 bits per heavy atom. The fraction of sp³-hybridized carbons (Fsp3) is 0.381. The van der Waals surface area contributed by atoms with Crippen LogP contribution in [0.4, 0.5) is 0 Å². The minimum absolute atomic E-state index is 0.00481. The van der Waals surface area contributed by atoms with Crippen molar-refractivity contribution in [2.45, 2.75) is 19.4 Å². The molecule has 0 aliphatic rings. The largest absolute Gasteiger partial charge is 0.386 e. The van der Waals surface area contributed by atoms with Crippen LogP contribution in [0, 0.1) is 0 Å². The number of benzene rings is 1. The lowest BCUT2D eigenvalue weighted by Gasteiger charge is -2.14. The number of pyridine rings is 1. The van der Waals surface area contributed by atoms with Crippen LogP contribution in [0.25, 0.3) is 0 Å². The first-order valence-corrected chi connectivity index (χ1v) is 9.42.